The number of pyridine rings is 2. The molecule has 0 bridgehead atoms. The van der Waals surface area contributed by atoms with Crippen molar-refractivity contribution in [2.75, 3.05) is 31.2 Å². The van der Waals surface area contributed by atoms with Crippen molar-refractivity contribution in [2.45, 2.75) is 32.2 Å². The van der Waals surface area contributed by atoms with Gasteiger partial charge in [0.1, 0.15) is 29.9 Å². The van der Waals surface area contributed by atoms with Crippen molar-refractivity contribution < 1.29 is 24.1 Å². The lowest BCUT2D eigenvalue weighted by Gasteiger charge is -2.21. The van der Waals surface area contributed by atoms with Crippen molar-refractivity contribution in [1.82, 2.24) is 9.97 Å². The van der Waals surface area contributed by atoms with Gasteiger partial charge >= 0.3 is 5.97 Å². The molecule has 2 aliphatic rings. The van der Waals surface area contributed by atoms with E-state index in [1.807, 2.05) is 36.5 Å². The molecule has 2 aromatic heterocycles. The monoisotopic (exact) mass is 435 g/mol. The maximum Gasteiger partial charge on any atom is 0.337 e. The summed E-state index contributed by atoms with van der Waals surface area (Å²) in [4.78, 5) is 22.2. The molecule has 0 unspecified atom stereocenters. The summed E-state index contributed by atoms with van der Waals surface area (Å²) in [5.41, 5.74) is 1.48. The number of benzene rings is 1. The molecule has 8 nitrogen and oxygen atoms in total. The van der Waals surface area contributed by atoms with Crippen LogP contribution in [-0.4, -0.2) is 65.7 Å². The van der Waals surface area contributed by atoms with Gasteiger partial charge in [-0.15, -0.1) is 0 Å². The van der Waals surface area contributed by atoms with E-state index in [4.69, 9.17) is 14.2 Å². The Morgan fingerprint density at radius 1 is 1.16 bits per heavy atom. The lowest BCUT2D eigenvalue weighted by Crippen LogP contribution is -2.30. The number of rotatable bonds is 4. The standard InChI is InChI=1S/C24H25N3O5/c1-14-8-22(26-15(2)23(14)24(28)29)27-10-20-21(11-27)31-13-17(12-30-20)32-19-5-3-4-16-9-25-7-6-18(16)19/h3-9,17,20-21H,10-13H2,1-2H3,(H,28,29)/t20-,21-/m0/s1. The van der Waals surface area contributed by atoms with Crippen molar-refractivity contribution in [2.24, 2.45) is 0 Å². The van der Waals surface area contributed by atoms with Crippen LogP contribution >= 0.6 is 0 Å². The first-order valence-corrected chi connectivity index (χ1v) is 10.7. The number of aromatic carboxylic acids is 1. The van der Waals surface area contributed by atoms with E-state index >= 15 is 0 Å². The summed E-state index contributed by atoms with van der Waals surface area (Å²) < 4.78 is 18.6. The fourth-order valence-corrected chi connectivity index (χ4v) is 4.50. The van der Waals surface area contributed by atoms with Crippen LogP contribution in [-0.2, 0) is 9.47 Å². The molecule has 0 spiro atoms. The number of anilines is 1. The average molecular weight is 435 g/mol. The van der Waals surface area contributed by atoms with E-state index in [1.54, 1.807) is 20.0 Å². The Balaban J connectivity index is 1.26. The van der Waals surface area contributed by atoms with Crippen LogP contribution in [0, 0.1) is 13.8 Å². The molecule has 2 aliphatic heterocycles. The van der Waals surface area contributed by atoms with Gasteiger partial charge < -0.3 is 24.2 Å². The van der Waals surface area contributed by atoms with Crippen LogP contribution in [0.5, 0.6) is 5.75 Å². The third-order valence-electron chi connectivity index (χ3n) is 6.06. The molecule has 0 amide bonds. The second-order valence-electron chi connectivity index (χ2n) is 8.30. The second-order valence-corrected chi connectivity index (χ2v) is 8.30. The van der Waals surface area contributed by atoms with Gasteiger partial charge in [0.25, 0.3) is 0 Å². The van der Waals surface area contributed by atoms with Crippen LogP contribution in [0.2, 0.25) is 0 Å². The Morgan fingerprint density at radius 3 is 2.59 bits per heavy atom. The Hall–Kier alpha value is -3.23. The van der Waals surface area contributed by atoms with Crippen molar-refractivity contribution in [3.63, 3.8) is 0 Å². The van der Waals surface area contributed by atoms with E-state index in [9.17, 15) is 9.90 Å². The highest BCUT2D eigenvalue weighted by Crippen LogP contribution is 2.29. The molecule has 3 aromatic rings. The summed E-state index contributed by atoms with van der Waals surface area (Å²) in [5.74, 6) is 0.595. The maximum atomic E-state index is 11.4. The van der Waals surface area contributed by atoms with Crippen LogP contribution in [0.1, 0.15) is 21.6 Å². The molecule has 2 saturated heterocycles. The number of hydrogen-bond donors (Lipinski definition) is 1. The minimum atomic E-state index is -0.953. The molecule has 4 heterocycles. The summed E-state index contributed by atoms with van der Waals surface area (Å²) in [6.45, 7) is 5.66. The van der Waals surface area contributed by atoms with Crippen LogP contribution in [0.4, 0.5) is 5.82 Å². The van der Waals surface area contributed by atoms with Gasteiger partial charge in [0.2, 0.25) is 0 Å². The highest BCUT2D eigenvalue weighted by molar-refractivity contribution is 5.91. The zero-order chi connectivity index (χ0) is 22.2. The van der Waals surface area contributed by atoms with Crippen molar-refractivity contribution >= 4 is 22.6 Å². The van der Waals surface area contributed by atoms with E-state index in [0.717, 1.165) is 22.3 Å². The van der Waals surface area contributed by atoms with Crippen molar-refractivity contribution in [3.8, 4) is 5.75 Å². The number of hydrogen-bond acceptors (Lipinski definition) is 7. The minimum Gasteiger partial charge on any atom is -0.485 e. The molecule has 0 aliphatic carbocycles. The van der Waals surface area contributed by atoms with Gasteiger partial charge in [-0.1, -0.05) is 12.1 Å². The first kappa shape index (κ1) is 20.7. The lowest BCUT2D eigenvalue weighted by atomic mass is 10.1. The van der Waals surface area contributed by atoms with Crippen LogP contribution in [0.15, 0.2) is 42.7 Å². The molecule has 166 valence electrons. The predicted octanol–water partition coefficient (Wildman–Crippen LogP) is 3.00. The molecule has 2 atom stereocenters. The van der Waals surface area contributed by atoms with E-state index in [0.29, 0.717) is 37.6 Å². The van der Waals surface area contributed by atoms with Gasteiger partial charge in [-0.25, -0.2) is 9.78 Å². The Bertz CT molecular complexity index is 1120. The summed E-state index contributed by atoms with van der Waals surface area (Å²) in [6, 6.07) is 9.68. The molecule has 5 rings (SSSR count). The molecule has 8 heteroatoms. The molecule has 0 saturated carbocycles. The van der Waals surface area contributed by atoms with Crippen LogP contribution < -0.4 is 9.64 Å². The first-order valence-electron chi connectivity index (χ1n) is 10.7. The number of carbonyl (C=O) groups is 1. The van der Waals surface area contributed by atoms with Crippen LogP contribution in [0.3, 0.4) is 0 Å². The zero-order valence-corrected chi connectivity index (χ0v) is 18.0. The third kappa shape index (κ3) is 3.87. The fourth-order valence-electron chi connectivity index (χ4n) is 4.50. The zero-order valence-electron chi connectivity index (χ0n) is 18.0. The molecular weight excluding hydrogens is 410 g/mol. The van der Waals surface area contributed by atoms with Crippen LogP contribution in [0.25, 0.3) is 10.8 Å². The summed E-state index contributed by atoms with van der Waals surface area (Å²) in [7, 11) is 0. The van der Waals surface area contributed by atoms with Gasteiger partial charge in [0.15, 0.2) is 0 Å². The van der Waals surface area contributed by atoms with Gasteiger partial charge in [0, 0.05) is 36.3 Å². The van der Waals surface area contributed by atoms with E-state index in [-0.39, 0.29) is 23.9 Å². The number of aryl methyl sites for hydroxylation is 2. The summed E-state index contributed by atoms with van der Waals surface area (Å²) in [6.07, 6.45) is 3.19. The number of fused-ring (bicyclic) bond motifs is 2. The smallest absolute Gasteiger partial charge is 0.337 e. The van der Waals surface area contributed by atoms with Crippen molar-refractivity contribution in [3.05, 3.63) is 59.5 Å². The molecule has 1 N–H and O–H groups in total. The first-order chi connectivity index (χ1) is 15.5. The van der Waals surface area contributed by atoms with Gasteiger partial charge in [-0.2, -0.15) is 0 Å². The van der Waals surface area contributed by atoms with E-state index in [1.165, 1.54) is 0 Å². The maximum absolute atomic E-state index is 11.4. The second kappa shape index (κ2) is 8.37. The summed E-state index contributed by atoms with van der Waals surface area (Å²) in [5, 5.41) is 11.4. The highest BCUT2D eigenvalue weighted by atomic mass is 16.6. The number of nitrogens with zero attached hydrogens (tertiary/aromatic N) is 3. The molecule has 0 radical (unpaired) electrons. The highest BCUT2D eigenvalue weighted by Gasteiger charge is 2.38. The fraction of sp³-hybridized carbons (Fsp3) is 0.375. The molecular formula is C24H25N3O5. The molecule has 1 aromatic carbocycles. The Kier molecular flexibility index (Phi) is 5.40. The number of aromatic nitrogens is 2. The lowest BCUT2D eigenvalue weighted by molar-refractivity contribution is -0.00461. The predicted molar refractivity (Wildman–Crippen MR) is 119 cm³/mol. The SMILES string of the molecule is Cc1cc(N2C[C@@H]3OCC(Oc4cccc5cnccc45)CO[C@H]3C2)nc(C)c1C(=O)O. The third-order valence-corrected chi connectivity index (χ3v) is 6.06. The quantitative estimate of drug-likeness (QED) is 0.669. The Morgan fingerprint density at radius 2 is 1.91 bits per heavy atom. The minimum absolute atomic E-state index is 0.0955. The largest absolute Gasteiger partial charge is 0.485 e. The number of carboxylic acid groups (broad SMARTS) is 1. The molecule has 32 heavy (non-hydrogen) atoms. The normalized spacial score (nSPS) is 21.4. The van der Waals surface area contributed by atoms with E-state index < -0.39 is 5.97 Å². The Labute approximate surface area is 185 Å². The van der Waals surface area contributed by atoms with Gasteiger partial charge in [0.05, 0.1) is 24.5 Å². The van der Waals surface area contributed by atoms with Gasteiger partial charge in [-0.3, -0.25) is 4.98 Å². The van der Waals surface area contributed by atoms with E-state index in [2.05, 4.69) is 14.9 Å². The topological polar surface area (TPSA) is 94.0 Å². The van der Waals surface area contributed by atoms with Gasteiger partial charge in [-0.05, 0) is 37.6 Å². The number of carboxylic acids is 1. The summed E-state index contributed by atoms with van der Waals surface area (Å²) >= 11 is 0. The van der Waals surface area contributed by atoms with Crippen molar-refractivity contribution in [1.29, 1.82) is 0 Å². The average Bonchev–Trinajstić information content (AvgIpc) is 3.09. The number of ether oxygens (including phenoxy) is 3. The molecule has 2 fully saturated rings.